The summed E-state index contributed by atoms with van der Waals surface area (Å²) in [7, 11) is 0. The summed E-state index contributed by atoms with van der Waals surface area (Å²) in [5, 5.41) is 5.38. The predicted octanol–water partition coefficient (Wildman–Crippen LogP) is 0.638. The van der Waals surface area contributed by atoms with Gasteiger partial charge in [-0.25, -0.2) is 0 Å². The molecule has 0 aromatic heterocycles. The Kier molecular flexibility index (Phi) is 6.91. The lowest BCUT2D eigenvalue weighted by molar-refractivity contribution is -0.131. The molecule has 0 radical (unpaired) electrons. The zero-order chi connectivity index (χ0) is 14.3. The Morgan fingerprint density at radius 1 is 1.22 bits per heavy atom. The Hall–Kier alpha value is -1.10. The van der Waals surface area contributed by atoms with E-state index in [9.17, 15) is 9.59 Å². The molecule has 0 rings (SSSR count). The molecule has 0 fully saturated rings. The van der Waals surface area contributed by atoms with Crippen molar-refractivity contribution in [1.29, 1.82) is 0 Å². The fourth-order valence-corrected chi connectivity index (χ4v) is 1.75. The summed E-state index contributed by atoms with van der Waals surface area (Å²) >= 11 is 0. The van der Waals surface area contributed by atoms with Gasteiger partial charge < -0.3 is 16.4 Å². The van der Waals surface area contributed by atoms with Crippen molar-refractivity contribution >= 4 is 11.8 Å². The summed E-state index contributed by atoms with van der Waals surface area (Å²) in [6.45, 7) is 10.6. The van der Waals surface area contributed by atoms with Crippen molar-refractivity contribution in [3.8, 4) is 0 Å². The molecular weight excluding hydrogens is 230 g/mol. The number of likely N-dealkylation sites (N-methyl/N-ethyl adjacent to an activating group) is 1. The molecule has 0 aromatic rings. The molecule has 0 bridgehead atoms. The van der Waals surface area contributed by atoms with E-state index in [0.717, 1.165) is 0 Å². The van der Waals surface area contributed by atoms with E-state index in [1.165, 1.54) is 0 Å². The molecular formula is C13H27N3O2. The lowest BCUT2D eigenvalue weighted by Gasteiger charge is -2.25. The first-order chi connectivity index (χ1) is 8.21. The van der Waals surface area contributed by atoms with Crippen LogP contribution in [0.2, 0.25) is 0 Å². The molecule has 2 atom stereocenters. The molecule has 0 aromatic carbocycles. The van der Waals surface area contributed by atoms with E-state index in [1.807, 2.05) is 6.92 Å². The van der Waals surface area contributed by atoms with Crippen LogP contribution in [-0.2, 0) is 9.59 Å². The van der Waals surface area contributed by atoms with Crippen molar-refractivity contribution in [3.63, 3.8) is 0 Å². The van der Waals surface area contributed by atoms with Crippen molar-refractivity contribution in [2.45, 2.75) is 47.1 Å². The summed E-state index contributed by atoms with van der Waals surface area (Å²) in [5.74, 6) is -0.564. The van der Waals surface area contributed by atoms with E-state index in [-0.39, 0.29) is 23.1 Å². The van der Waals surface area contributed by atoms with Gasteiger partial charge in [0.05, 0.1) is 5.92 Å². The first kappa shape index (κ1) is 16.9. The topological polar surface area (TPSA) is 84.2 Å². The van der Waals surface area contributed by atoms with Gasteiger partial charge in [-0.2, -0.15) is 0 Å². The number of hydrogen-bond donors (Lipinski definition) is 3. The standard InChI is InChI=1S/C13H27N3O2/c1-6-15-11(17)9(2)16-12(18)10(8-14)7-13(3,4)5/h9-10H,6-8,14H2,1-5H3,(H,15,17)(H,16,18). The third-order valence-corrected chi connectivity index (χ3v) is 2.62. The van der Waals surface area contributed by atoms with Crippen LogP contribution in [0, 0.1) is 11.3 Å². The summed E-state index contributed by atoms with van der Waals surface area (Å²) in [6, 6.07) is -0.522. The SMILES string of the molecule is CCNC(=O)C(C)NC(=O)C(CN)CC(C)(C)C. The van der Waals surface area contributed by atoms with Gasteiger partial charge in [0.2, 0.25) is 11.8 Å². The zero-order valence-corrected chi connectivity index (χ0v) is 12.2. The fraction of sp³-hybridized carbons (Fsp3) is 0.846. The Labute approximate surface area is 110 Å². The van der Waals surface area contributed by atoms with E-state index < -0.39 is 6.04 Å². The minimum Gasteiger partial charge on any atom is -0.355 e. The van der Waals surface area contributed by atoms with Crippen molar-refractivity contribution in [3.05, 3.63) is 0 Å². The molecule has 18 heavy (non-hydrogen) atoms. The first-order valence-electron chi connectivity index (χ1n) is 6.49. The predicted molar refractivity (Wildman–Crippen MR) is 72.9 cm³/mol. The molecule has 4 N–H and O–H groups in total. The van der Waals surface area contributed by atoms with Gasteiger partial charge in [0.25, 0.3) is 0 Å². The number of carbonyl (C=O) groups excluding carboxylic acids is 2. The monoisotopic (exact) mass is 257 g/mol. The highest BCUT2D eigenvalue weighted by atomic mass is 16.2. The van der Waals surface area contributed by atoms with Crippen molar-refractivity contribution in [2.24, 2.45) is 17.1 Å². The largest absolute Gasteiger partial charge is 0.355 e. The van der Waals surface area contributed by atoms with Crippen LogP contribution < -0.4 is 16.4 Å². The van der Waals surface area contributed by atoms with Gasteiger partial charge in [-0.05, 0) is 25.7 Å². The molecule has 2 unspecified atom stereocenters. The molecule has 0 aliphatic rings. The summed E-state index contributed by atoms with van der Waals surface area (Å²) in [6.07, 6.45) is 0.706. The molecule has 0 saturated carbocycles. The molecule has 0 heterocycles. The number of nitrogens with two attached hydrogens (primary N) is 1. The number of rotatable bonds is 6. The van der Waals surface area contributed by atoms with Gasteiger partial charge in [-0.1, -0.05) is 20.8 Å². The van der Waals surface area contributed by atoms with Gasteiger partial charge in [-0.3, -0.25) is 9.59 Å². The second-order valence-corrected chi connectivity index (χ2v) is 5.82. The van der Waals surface area contributed by atoms with Crippen LogP contribution in [-0.4, -0.2) is 30.9 Å². The second kappa shape index (κ2) is 7.36. The molecule has 5 nitrogen and oxygen atoms in total. The highest BCUT2D eigenvalue weighted by Crippen LogP contribution is 2.24. The Bertz CT molecular complexity index is 284. The third kappa shape index (κ3) is 6.59. The van der Waals surface area contributed by atoms with E-state index >= 15 is 0 Å². The Morgan fingerprint density at radius 3 is 2.17 bits per heavy atom. The van der Waals surface area contributed by atoms with Crippen LogP contribution in [0.3, 0.4) is 0 Å². The minimum atomic E-state index is -0.522. The van der Waals surface area contributed by atoms with Crippen LogP contribution in [0.4, 0.5) is 0 Å². The van der Waals surface area contributed by atoms with E-state index in [1.54, 1.807) is 6.92 Å². The summed E-state index contributed by atoms with van der Waals surface area (Å²) < 4.78 is 0. The van der Waals surface area contributed by atoms with Crippen molar-refractivity contribution < 1.29 is 9.59 Å². The average Bonchev–Trinajstić information content (AvgIpc) is 2.24. The van der Waals surface area contributed by atoms with Gasteiger partial charge in [-0.15, -0.1) is 0 Å². The quantitative estimate of drug-likeness (QED) is 0.653. The van der Waals surface area contributed by atoms with E-state index in [0.29, 0.717) is 19.5 Å². The maximum Gasteiger partial charge on any atom is 0.242 e. The normalized spacial score (nSPS) is 14.8. The van der Waals surface area contributed by atoms with Crippen LogP contribution >= 0.6 is 0 Å². The van der Waals surface area contributed by atoms with Crippen LogP contribution in [0.25, 0.3) is 0 Å². The van der Waals surface area contributed by atoms with E-state index in [2.05, 4.69) is 31.4 Å². The molecule has 0 spiro atoms. The number of hydrogen-bond acceptors (Lipinski definition) is 3. The van der Waals surface area contributed by atoms with Crippen LogP contribution in [0.15, 0.2) is 0 Å². The second-order valence-electron chi connectivity index (χ2n) is 5.82. The third-order valence-electron chi connectivity index (χ3n) is 2.62. The molecule has 2 amide bonds. The highest BCUT2D eigenvalue weighted by molar-refractivity contribution is 5.88. The van der Waals surface area contributed by atoms with Crippen molar-refractivity contribution in [1.82, 2.24) is 10.6 Å². The maximum absolute atomic E-state index is 12.0. The summed E-state index contributed by atoms with van der Waals surface area (Å²) in [4.78, 5) is 23.5. The number of carbonyl (C=O) groups is 2. The van der Waals surface area contributed by atoms with Gasteiger partial charge in [0, 0.05) is 13.1 Å². The maximum atomic E-state index is 12.0. The first-order valence-corrected chi connectivity index (χ1v) is 6.49. The molecule has 106 valence electrons. The minimum absolute atomic E-state index is 0.0380. The van der Waals surface area contributed by atoms with Crippen LogP contribution in [0.5, 0.6) is 0 Å². The lowest BCUT2D eigenvalue weighted by atomic mass is 9.84. The molecule has 0 saturated heterocycles. The molecule has 0 aliphatic heterocycles. The molecule has 0 aliphatic carbocycles. The molecule has 5 heteroatoms. The van der Waals surface area contributed by atoms with Gasteiger partial charge in [0.1, 0.15) is 6.04 Å². The Balaban J connectivity index is 4.40. The van der Waals surface area contributed by atoms with Crippen molar-refractivity contribution in [2.75, 3.05) is 13.1 Å². The highest BCUT2D eigenvalue weighted by Gasteiger charge is 2.25. The number of amides is 2. The van der Waals surface area contributed by atoms with E-state index in [4.69, 9.17) is 5.73 Å². The summed E-state index contributed by atoms with van der Waals surface area (Å²) in [5.41, 5.74) is 5.67. The van der Waals surface area contributed by atoms with Gasteiger partial charge in [0.15, 0.2) is 0 Å². The fourth-order valence-electron chi connectivity index (χ4n) is 1.75. The van der Waals surface area contributed by atoms with Gasteiger partial charge >= 0.3 is 0 Å². The smallest absolute Gasteiger partial charge is 0.242 e. The Morgan fingerprint density at radius 2 is 1.78 bits per heavy atom. The average molecular weight is 257 g/mol. The number of nitrogens with one attached hydrogen (secondary N) is 2. The lowest BCUT2D eigenvalue weighted by Crippen LogP contribution is -2.48. The van der Waals surface area contributed by atoms with Crippen LogP contribution in [0.1, 0.15) is 41.0 Å². The zero-order valence-electron chi connectivity index (χ0n) is 12.2.